The van der Waals surface area contributed by atoms with Crippen LogP contribution in [0.25, 0.3) is 4.85 Å². The second-order valence-electron chi connectivity index (χ2n) is 3.27. The summed E-state index contributed by atoms with van der Waals surface area (Å²) in [4.78, 5) is 7.24. The summed E-state index contributed by atoms with van der Waals surface area (Å²) < 4.78 is 5.36. The van der Waals surface area contributed by atoms with Gasteiger partial charge in [0, 0.05) is 0 Å². The number of nitrogens with zero attached hydrogens (tertiary/aromatic N) is 2. The maximum absolute atomic E-state index is 6.90. The van der Waals surface area contributed by atoms with Crippen LogP contribution < -0.4 is 4.74 Å². The summed E-state index contributed by atoms with van der Waals surface area (Å²) in [6.07, 6.45) is 0. The number of hydrogen-bond donors (Lipinski definition) is 0. The number of pyridine rings is 1. The molecule has 1 aromatic heterocycles. The van der Waals surface area contributed by atoms with Crippen LogP contribution in [0.5, 0.6) is 5.88 Å². The molecule has 0 aliphatic heterocycles. The van der Waals surface area contributed by atoms with E-state index < -0.39 is 0 Å². The molecule has 0 amide bonds. The van der Waals surface area contributed by atoms with Crippen LogP contribution in [0.4, 0.5) is 5.69 Å². The number of aromatic nitrogens is 1. The number of rotatable bonds is 3. The largest absolute Gasteiger partial charge is 0.486 e. The van der Waals surface area contributed by atoms with Crippen LogP contribution in [0.2, 0.25) is 5.15 Å². The van der Waals surface area contributed by atoms with E-state index in [9.17, 15) is 0 Å². The van der Waals surface area contributed by atoms with Crippen molar-refractivity contribution in [3.05, 3.63) is 28.7 Å². The van der Waals surface area contributed by atoms with Gasteiger partial charge in [-0.05, 0) is 18.1 Å². The highest BCUT2D eigenvalue weighted by molar-refractivity contribution is 6.29. The Kier molecular flexibility index (Phi) is 3.73. The lowest BCUT2D eigenvalue weighted by Gasteiger charge is -2.08. The summed E-state index contributed by atoms with van der Waals surface area (Å²) in [5, 5.41) is 0.344. The molecule has 1 heterocycles. The highest BCUT2D eigenvalue weighted by Crippen LogP contribution is 2.27. The molecule has 0 atom stereocenters. The fourth-order valence-corrected chi connectivity index (χ4v) is 0.987. The average molecular weight is 211 g/mol. The highest BCUT2D eigenvalue weighted by Gasteiger charge is 2.06. The average Bonchev–Trinajstić information content (AvgIpc) is 2.15. The van der Waals surface area contributed by atoms with E-state index in [4.69, 9.17) is 22.9 Å². The Morgan fingerprint density at radius 2 is 2.29 bits per heavy atom. The minimum atomic E-state index is 0.321. The minimum absolute atomic E-state index is 0.321. The van der Waals surface area contributed by atoms with Crippen molar-refractivity contribution in [1.82, 2.24) is 4.98 Å². The summed E-state index contributed by atoms with van der Waals surface area (Å²) in [7, 11) is 0. The Labute approximate surface area is 88.5 Å². The van der Waals surface area contributed by atoms with Gasteiger partial charge in [0.2, 0.25) is 11.6 Å². The van der Waals surface area contributed by atoms with Crippen LogP contribution in [-0.2, 0) is 0 Å². The first kappa shape index (κ1) is 10.8. The molecule has 0 N–H and O–H groups in total. The van der Waals surface area contributed by atoms with E-state index in [1.165, 1.54) is 0 Å². The molecule has 0 bridgehead atoms. The second-order valence-corrected chi connectivity index (χ2v) is 3.66. The van der Waals surface area contributed by atoms with Crippen molar-refractivity contribution < 1.29 is 4.74 Å². The van der Waals surface area contributed by atoms with Gasteiger partial charge in [-0.1, -0.05) is 25.4 Å². The SMILES string of the molecule is [C-]#[N+]c1ccc(Cl)nc1OCC(C)C. The fourth-order valence-electron chi connectivity index (χ4n) is 0.847. The maximum atomic E-state index is 6.90. The molecule has 3 nitrogen and oxygen atoms in total. The lowest BCUT2D eigenvalue weighted by molar-refractivity contribution is 0.263. The summed E-state index contributed by atoms with van der Waals surface area (Å²) >= 11 is 5.70. The van der Waals surface area contributed by atoms with Gasteiger partial charge < -0.3 is 4.74 Å². The van der Waals surface area contributed by atoms with Gasteiger partial charge >= 0.3 is 0 Å². The summed E-state index contributed by atoms with van der Waals surface area (Å²) in [6.45, 7) is 11.5. The quantitative estimate of drug-likeness (QED) is 0.565. The van der Waals surface area contributed by atoms with E-state index in [0.29, 0.717) is 29.2 Å². The normalized spacial score (nSPS) is 9.93. The molecule has 0 saturated carbocycles. The van der Waals surface area contributed by atoms with Gasteiger partial charge in [0.15, 0.2) is 0 Å². The highest BCUT2D eigenvalue weighted by atomic mass is 35.5. The molecule has 0 aromatic carbocycles. The Balaban J connectivity index is 2.84. The molecule has 4 heteroatoms. The third kappa shape index (κ3) is 2.90. The molecule has 1 aromatic rings. The van der Waals surface area contributed by atoms with E-state index in [1.54, 1.807) is 12.1 Å². The van der Waals surface area contributed by atoms with Crippen molar-refractivity contribution in [1.29, 1.82) is 0 Å². The molecular formula is C10H11ClN2O. The zero-order valence-corrected chi connectivity index (χ0v) is 8.88. The lowest BCUT2D eigenvalue weighted by atomic mass is 10.2. The molecule has 0 saturated heterocycles. The number of halogens is 1. The standard InChI is InChI=1S/C10H11ClN2O/c1-7(2)6-14-10-8(12-3)4-5-9(11)13-10/h4-5,7H,6H2,1-2H3. The Hall–Kier alpha value is -1.27. The summed E-state index contributed by atoms with van der Waals surface area (Å²) in [5.41, 5.74) is 0.398. The van der Waals surface area contributed by atoms with Crippen molar-refractivity contribution in [2.45, 2.75) is 13.8 Å². The van der Waals surface area contributed by atoms with Gasteiger partial charge in [-0.15, -0.1) is 0 Å². The second kappa shape index (κ2) is 4.83. The maximum Gasteiger partial charge on any atom is 0.247 e. The smallest absolute Gasteiger partial charge is 0.247 e. The summed E-state index contributed by atoms with van der Waals surface area (Å²) in [6, 6.07) is 3.19. The van der Waals surface area contributed by atoms with Gasteiger partial charge in [-0.2, -0.15) is 0 Å². The van der Waals surface area contributed by atoms with Crippen molar-refractivity contribution in [2.75, 3.05) is 6.61 Å². The molecule has 0 unspecified atom stereocenters. The van der Waals surface area contributed by atoms with Crippen molar-refractivity contribution in [3.8, 4) is 5.88 Å². The molecule has 14 heavy (non-hydrogen) atoms. The third-order valence-corrected chi connectivity index (χ3v) is 1.69. The molecular weight excluding hydrogens is 200 g/mol. The fraction of sp³-hybridized carbons (Fsp3) is 0.400. The molecule has 0 radical (unpaired) electrons. The molecule has 74 valence electrons. The Bertz CT molecular complexity index is 358. The Morgan fingerprint density at radius 3 is 2.86 bits per heavy atom. The molecule has 0 fully saturated rings. The van der Waals surface area contributed by atoms with Gasteiger partial charge in [0.05, 0.1) is 13.2 Å². The monoisotopic (exact) mass is 210 g/mol. The first-order valence-electron chi connectivity index (χ1n) is 4.30. The van der Waals surface area contributed by atoms with E-state index >= 15 is 0 Å². The van der Waals surface area contributed by atoms with Crippen LogP contribution in [0.15, 0.2) is 12.1 Å². The van der Waals surface area contributed by atoms with Crippen LogP contribution in [0, 0.1) is 12.5 Å². The first-order chi connectivity index (χ1) is 6.63. The van der Waals surface area contributed by atoms with E-state index in [2.05, 4.69) is 9.83 Å². The first-order valence-corrected chi connectivity index (χ1v) is 4.68. The molecule has 0 aliphatic carbocycles. The van der Waals surface area contributed by atoms with Crippen molar-refractivity contribution in [3.63, 3.8) is 0 Å². The molecule has 1 rings (SSSR count). The van der Waals surface area contributed by atoms with E-state index in [0.717, 1.165) is 0 Å². The lowest BCUT2D eigenvalue weighted by Crippen LogP contribution is -2.05. The number of ether oxygens (including phenoxy) is 1. The third-order valence-electron chi connectivity index (χ3n) is 1.48. The van der Waals surface area contributed by atoms with Crippen LogP contribution in [0.1, 0.15) is 13.8 Å². The van der Waals surface area contributed by atoms with E-state index in [1.807, 2.05) is 13.8 Å². The van der Waals surface area contributed by atoms with Crippen LogP contribution in [0.3, 0.4) is 0 Å². The van der Waals surface area contributed by atoms with Gasteiger partial charge in [0.25, 0.3) is 0 Å². The zero-order valence-electron chi connectivity index (χ0n) is 8.12. The van der Waals surface area contributed by atoms with Gasteiger partial charge in [0.1, 0.15) is 5.15 Å². The predicted molar refractivity (Wildman–Crippen MR) is 55.8 cm³/mol. The van der Waals surface area contributed by atoms with Gasteiger partial charge in [-0.25, -0.2) is 9.83 Å². The van der Waals surface area contributed by atoms with E-state index in [-0.39, 0.29) is 0 Å². The van der Waals surface area contributed by atoms with Crippen molar-refractivity contribution in [2.24, 2.45) is 5.92 Å². The summed E-state index contributed by atoms with van der Waals surface area (Å²) in [5.74, 6) is 0.718. The number of hydrogen-bond acceptors (Lipinski definition) is 2. The predicted octanol–water partition coefficient (Wildman–Crippen LogP) is 3.32. The van der Waals surface area contributed by atoms with Crippen LogP contribution in [-0.4, -0.2) is 11.6 Å². The molecule has 0 aliphatic rings. The van der Waals surface area contributed by atoms with Crippen LogP contribution >= 0.6 is 11.6 Å². The topological polar surface area (TPSA) is 26.5 Å². The van der Waals surface area contributed by atoms with Crippen molar-refractivity contribution >= 4 is 17.3 Å². The minimum Gasteiger partial charge on any atom is -0.486 e. The zero-order chi connectivity index (χ0) is 10.6. The Morgan fingerprint density at radius 1 is 1.57 bits per heavy atom. The molecule has 0 spiro atoms. The van der Waals surface area contributed by atoms with Gasteiger partial charge in [-0.3, -0.25) is 0 Å².